The van der Waals surface area contributed by atoms with Gasteiger partial charge in [-0.1, -0.05) is 38.5 Å². The Kier molecular flexibility index (Phi) is 11.5. The molecule has 1 heterocycles. The van der Waals surface area contributed by atoms with Crippen molar-refractivity contribution in [2.45, 2.75) is 77.0 Å². The standard InChI is InChI=1S/C26H40N6O5/c1-15(2)12-21(31-24(34)19(28)9-6-7-11-27)25(35)30-16(3)23(33)32-22(26(36)37)13-17-14-29-20-10-5-4-8-18(17)20/h4-5,8,10,14-16,19,21-22,29H,6-7,9,11-13,27-28H2,1-3H3,(H,30,35)(H,31,34)(H,32,33)(H,36,37). The van der Waals surface area contributed by atoms with Gasteiger partial charge in [-0.05, 0) is 50.3 Å². The molecule has 1 aromatic heterocycles. The highest BCUT2D eigenvalue weighted by molar-refractivity contribution is 5.94. The fraction of sp³-hybridized carbons (Fsp3) is 0.538. The van der Waals surface area contributed by atoms with Gasteiger partial charge in [0.2, 0.25) is 17.7 Å². The van der Waals surface area contributed by atoms with Crippen molar-refractivity contribution in [3.8, 4) is 0 Å². The van der Waals surface area contributed by atoms with Crippen molar-refractivity contribution in [3.63, 3.8) is 0 Å². The molecule has 0 aliphatic carbocycles. The van der Waals surface area contributed by atoms with E-state index in [1.165, 1.54) is 6.92 Å². The molecule has 11 heteroatoms. The van der Waals surface area contributed by atoms with Crippen LogP contribution in [0.2, 0.25) is 0 Å². The monoisotopic (exact) mass is 516 g/mol. The molecule has 1 aromatic carbocycles. The number of benzene rings is 1. The number of H-pyrrole nitrogens is 1. The number of aromatic amines is 1. The highest BCUT2D eigenvalue weighted by Crippen LogP contribution is 2.19. The van der Waals surface area contributed by atoms with E-state index in [9.17, 15) is 24.3 Å². The summed E-state index contributed by atoms with van der Waals surface area (Å²) < 4.78 is 0. The predicted molar refractivity (Wildman–Crippen MR) is 141 cm³/mol. The quantitative estimate of drug-likeness (QED) is 0.170. The summed E-state index contributed by atoms with van der Waals surface area (Å²) in [4.78, 5) is 53.2. The van der Waals surface area contributed by atoms with Crippen LogP contribution in [0.15, 0.2) is 30.5 Å². The van der Waals surface area contributed by atoms with E-state index >= 15 is 0 Å². The minimum absolute atomic E-state index is 0.0693. The van der Waals surface area contributed by atoms with Gasteiger partial charge in [0, 0.05) is 23.5 Å². The number of carboxylic acid groups (broad SMARTS) is 1. The second kappa shape index (κ2) is 14.3. The van der Waals surface area contributed by atoms with Crippen molar-refractivity contribution in [1.82, 2.24) is 20.9 Å². The first kappa shape index (κ1) is 29.8. The third-order valence-corrected chi connectivity index (χ3v) is 6.11. The van der Waals surface area contributed by atoms with Gasteiger partial charge in [0.15, 0.2) is 0 Å². The molecule has 11 nitrogen and oxygen atoms in total. The lowest BCUT2D eigenvalue weighted by Gasteiger charge is -2.24. The number of hydrogen-bond acceptors (Lipinski definition) is 6. The number of aromatic nitrogens is 1. The molecule has 0 radical (unpaired) electrons. The number of rotatable bonds is 15. The van der Waals surface area contributed by atoms with Gasteiger partial charge in [0.25, 0.3) is 0 Å². The lowest BCUT2D eigenvalue weighted by molar-refractivity contribution is -0.142. The van der Waals surface area contributed by atoms with Crippen molar-refractivity contribution in [2.24, 2.45) is 17.4 Å². The third-order valence-electron chi connectivity index (χ3n) is 6.11. The van der Waals surface area contributed by atoms with Crippen LogP contribution < -0.4 is 27.4 Å². The minimum Gasteiger partial charge on any atom is -0.480 e. The molecule has 0 fully saturated rings. The number of nitrogens with two attached hydrogens (primary N) is 2. The van der Waals surface area contributed by atoms with Gasteiger partial charge < -0.3 is 37.5 Å². The largest absolute Gasteiger partial charge is 0.480 e. The lowest BCUT2D eigenvalue weighted by atomic mass is 10.0. The summed E-state index contributed by atoms with van der Waals surface area (Å²) in [6.45, 7) is 5.79. The van der Waals surface area contributed by atoms with E-state index in [0.717, 1.165) is 22.9 Å². The zero-order valence-electron chi connectivity index (χ0n) is 21.8. The number of fused-ring (bicyclic) bond motifs is 1. The average molecular weight is 517 g/mol. The van der Waals surface area contributed by atoms with Gasteiger partial charge in [-0.3, -0.25) is 14.4 Å². The second-order valence-corrected chi connectivity index (χ2v) is 9.77. The average Bonchev–Trinajstić information content (AvgIpc) is 3.25. The zero-order chi connectivity index (χ0) is 27.5. The van der Waals surface area contributed by atoms with Crippen molar-refractivity contribution >= 4 is 34.6 Å². The molecular weight excluding hydrogens is 476 g/mol. The highest BCUT2D eigenvalue weighted by atomic mass is 16.4. The Morgan fingerprint density at radius 1 is 0.946 bits per heavy atom. The predicted octanol–water partition coefficient (Wildman–Crippen LogP) is 0.772. The number of amides is 3. The first-order valence-corrected chi connectivity index (χ1v) is 12.7. The summed E-state index contributed by atoms with van der Waals surface area (Å²) >= 11 is 0. The van der Waals surface area contributed by atoms with Crippen molar-refractivity contribution in [2.75, 3.05) is 6.54 Å². The molecule has 3 amide bonds. The van der Waals surface area contributed by atoms with E-state index in [-0.39, 0.29) is 12.3 Å². The van der Waals surface area contributed by atoms with Crippen molar-refractivity contribution < 1.29 is 24.3 Å². The van der Waals surface area contributed by atoms with Gasteiger partial charge in [0.05, 0.1) is 6.04 Å². The lowest BCUT2D eigenvalue weighted by Crippen LogP contribution is -2.56. The molecule has 9 N–H and O–H groups in total. The number of hydrogen-bond donors (Lipinski definition) is 7. The molecule has 4 atom stereocenters. The molecule has 37 heavy (non-hydrogen) atoms. The smallest absolute Gasteiger partial charge is 0.326 e. The van der Waals surface area contributed by atoms with Crippen molar-refractivity contribution in [1.29, 1.82) is 0 Å². The summed E-state index contributed by atoms with van der Waals surface area (Å²) in [5.74, 6) is -2.73. The summed E-state index contributed by atoms with van der Waals surface area (Å²) in [5.41, 5.74) is 13.1. The fourth-order valence-electron chi connectivity index (χ4n) is 4.02. The molecule has 0 spiro atoms. The molecule has 0 saturated heterocycles. The molecular formula is C26H40N6O5. The van der Waals surface area contributed by atoms with Crippen LogP contribution in [0.1, 0.15) is 52.0 Å². The number of carboxylic acids is 1. The first-order valence-electron chi connectivity index (χ1n) is 12.7. The normalized spacial score (nSPS) is 14.5. The van der Waals surface area contributed by atoms with Gasteiger partial charge in [-0.25, -0.2) is 4.79 Å². The molecule has 2 rings (SSSR count). The second-order valence-electron chi connectivity index (χ2n) is 9.77. The molecule has 204 valence electrons. The topological polar surface area (TPSA) is 192 Å². The van der Waals surface area contributed by atoms with Gasteiger partial charge in [-0.2, -0.15) is 0 Å². The number of unbranched alkanes of at least 4 members (excludes halogenated alkanes) is 1. The molecule has 4 unspecified atom stereocenters. The van der Waals surface area contributed by atoms with Crippen LogP contribution in [-0.4, -0.2) is 64.5 Å². The van der Waals surface area contributed by atoms with Crippen molar-refractivity contribution in [3.05, 3.63) is 36.0 Å². The van der Waals surface area contributed by atoms with Gasteiger partial charge >= 0.3 is 5.97 Å². The van der Waals surface area contributed by atoms with Crippen LogP contribution in [0.5, 0.6) is 0 Å². The van der Waals surface area contributed by atoms with E-state index in [2.05, 4.69) is 20.9 Å². The van der Waals surface area contributed by atoms with Crippen LogP contribution in [0.4, 0.5) is 0 Å². The van der Waals surface area contributed by atoms with E-state index < -0.39 is 47.9 Å². The van der Waals surface area contributed by atoms with Crippen LogP contribution in [0.3, 0.4) is 0 Å². The van der Waals surface area contributed by atoms with Crippen LogP contribution in [-0.2, 0) is 25.6 Å². The van der Waals surface area contributed by atoms with E-state index in [0.29, 0.717) is 25.8 Å². The maximum absolute atomic E-state index is 13.0. The Morgan fingerprint density at radius 2 is 1.62 bits per heavy atom. The molecule has 0 aliphatic rings. The number of aliphatic carboxylic acids is 1. The zero-order valence-corrected chi connectivity index (χ0v) is 21.8. The Hall–Kier alpha value is -3.44. The Bertz CT molecular complexity index is 1070. The molecule has 0 saturated carbocycles. The van der Waals surface area contributed by atoms with Gasteiger partial charge in [0.1, 0.15) is 18.1 Å². The SMILES string of the molecule is CC(C)CC(NC(=O)C(N)CCCCN)C(=O)NC(C)C(=O)NC(Cc1c[nH]c2ccccc12)C(=O)O. The number of para-hydroxylation sites is 1. The first-order chi connectivity index (χ1) is 17.5. The number of nitrogens with one attached hydrogen (secondary N) is 4. The Labute approximate surface area is 217 Å². The fourth-order valence-corrected chi connectivity index (χ4v) is 4.02. The Morgan fingerprint density at radius 3 is 2.27 bits per heavy atom. The minimum atomic E-state index is -1.19. The highest BCUT2D eigenvalue weighted by Gasteiger charge is 2.29. The van der Waals surface area contributed by atoms with E-state index in [1.807, 2.05) is 38.1 Å². The van der Waals surface area contributed by atoms with Crippen LogP contribution in [0, 0.1) is 5.92 Å². The summed E-state index contributed by atoms with van der Waals surface area (Å²) in [5, 5.41) is 18.4. The molecule has 0 bridgehead atoms. The maximum atomic E-state index is 13.0. The summed E-state index contributed by atoms with van der Waals surface area (Å²) in [6, 6.07) is 3.60. The van der Waals surface area contributed by atoms with E-state index in [1.54, 1.807) is 6.20 Å². The third kappa shape index (κ3) is 9.18. The van der Waals surface area contributed by atoms with Crippen LogP contribution in [0.25, 0.3) is 10.9 Å². The summed E-state index contributed by atoms with van der Waals surface area (Å²) in [6.07, 6.45) is 4.04. The number of carbonyl (C=O) groups is 4. The van der Waals surface area contributed by atoms with E-state index in [4.69, 9.17) is 11.5 Å². The summed E-state index contributed by atoms with van der Waals surface area (Å²) in [7, 11) is 0. The van der Waals surface area contributed by atoms with Crippen LogP contribution >= 0.6 is 0 Å². The molecule has 2 aromatic rings. The Balaban J connectivity index is 2.00. The van der Waals surface area contributed by atoms with Gasteiger partial charge in [-0.15, -0.1) is 0 Å². The maximum Gasteiger partial charge on any atom is 0.326 e. The number of carbonyl (C=O) groups excluding carboxylic acids is 3. The molecule has 0 aliphatic heterocycles.